The molecule has 0 spiro atoms. The number of phenols is 1. The van der Waals surface area contributed by atoms with E-state index in [1.807, 2.05) is 12.1 Å². The van der Waals surface area contributed by atoms with Gasteiger partial charge in [0.25, 0.3) is 0 Å². The number of hydrogen-bond acceptors (Lipinski definition) is 6. The fraction of sp³-hybridized carbons (Fsp3) is 0.333. The number of aromatic hydroxyl groups is 1. The number of sulfone groups is 1. The highest BCUT2D eigenvalue weighted by atomic mass is 32.2. The number of fused-ring (bicyclic) bond motifs is 1. The highest BCUT2D eigenvalue weighted by molar-refractivity contribution is 7.90. The molecule has 116 valence electrons. The molecule has 6 nitrogen and oxygen atoms in total. The number of aromatic nitrogens is 2. The molecule has 0 unspecified atom stereocenters. The summed E-state index contributed by atoms with van der Waals surface area (Å²) in [6, 6.07) is 7.22. The topological polar surface area (TPSA) is 83.4 Å². The standard InChI is InChI=1S/C15H17N3O3S/c1-22(20,21)15-16-8-11-6-7-18(10-13(11)17-15)9-12-4-2-3-5-14(12)19/h2-5,8,19H,6-7,9-10H2,1H3. The average molecular weight is 319 g/mol. The highest BCUT2D eigenvalue weighted by Crippen LogP contribution is 2.23. The minimum absolute atomic E-state index is 0.129. The SMILES string of the molecule is CS(=O)(=O)c1ncc2c(n1)CN(Cc1ccccc1O)CC2. The molecule has 7 heteroatoms. The largest absolute Gasteiger partial charge is 0.508 e. The Labute approximate surface area is 129 Å². The van der Waals surface area contributed by atoms with Crippen molar-refractivity contribution in [1.29, 1.82) is 0 Å². The zero-order valence-corrected chi connectivity index (χ0v) is 13.0. The van der Waals surface area contributed by atoms with Crippen molar-refractivity contribution in [1.82, 2.24) is 14.9 Å². The summed E-state index contributed by atoms with van der Waals surface area (Å²) in [5.74, 6) is 0.271. The molecule has 2 heterocycles. The van der Waals surface area contributed by atoms with E-state index in [9.17, 15) is 13.5 Å². The first-order chi connectivity index (χ1) is 10.4. The van der Waals surface area contributed by atoms with Crippen LogP contribution in [0.4, 0.5) is 0 Å². The summed E-state index contributed by atoms with van der Waals surface area (Å²) in [6.07, 6.45) is 3.49. The van der Waals surface area contributed by atoms with Crippen LogP contribution in [0.5, 0.6) is 5.75 Å². The van der Waals surface area contributed by atoms with E-state index in [0.29, 0.717) is 13.1 Å². The number of hydrogen-bond donors (Lipinski definition) is 1. The molecule has 0 saturated heterocycles. The van der Waals surface area contributed by atoms with Gasteiger partial charge in [-0.25, -0.2) is 18.4 Å². The van der Waals surface area contributed by atoms with Gasteiger partial charge in [0.1, 0.15) is 5.75 Å². The summed E-state index contributed by atoms with van der Waals surface area (Å²) in [5, 5.41) is 9.73. The molecule has 0 amide bonds. The zero-order chi connectivity index (χ0) is 15.7. The van der Waals surface area contributed by atoms with Crippen LogP contribution in [0, 0.1) is 0 Å². The van der Waals surface area contributed by atoms with Crippen molar-refractivity contribution in [2.45, 2.75) is 24.7 Å². The maximum Gasteiger partial charge on any atom is 0.247 e. The number of phenolic OH excluding ortho intramolecular Hbond substituents is 1. The summed E-state index contributed by atoms with van der Waals surface area (Å²) in [6.45, 7) is 1.97. The van der Waals surface area contributed by atoms with Crippen LogP contribution in [-0.2, 0) is 29.3 Å². The quantitative estimate of drug-likeness (QED) is 0.854. The van der Waals surface area contributed by atoms with Crippen LogP contribution >= 0.6 is 0 Å². The van der Waals surface area contributed by atoms with Gasteiger partial charge >= 0.3 is 0 Å². The highest BCUT2D eigenvalue weighted by Gasteiger charge is 2.21. The van der Waals surface area contributed by atoms with Crippen molar-refractivity contribution in [3.63, 3.8) is 0 Å². The summed E-state index contributed by atoms with van der Waals surface area (Å²) in [7, 11) is -3.40. The first-order valence-corrected chi connectivity index (χ1v) is 8.87. The normalized spacial score (nSPS) is 15.5. The van der Waals surface area contributed by atoms with Gasteiger partial charge in [0, 0.05) is 37.7 Å². The number of para-hydroxylation sites is 1. The van der Waals surface area contributed by atoms with Gasteiger partial charge in [-0.3, -0.25) is 4.90 Å². The Bertz CT molecular complexity index is 805. The molecule has 1 aromatic carbocycles. The van der Waals surface area contributed by atoms with Crippen LogP contribution in [0.25, 0.3) is 0 Å². The maximum atomic E-state index is 11.6. The minimum atomic E-state index is -3.40. The Morgan fingerprint density at radius 1 is 1.32 bits per heavy atom. The van der Waals surface area contributed by atoms with Gasteiger partial charge in [0.05, 0.1) is 5.69 Å². The van der Waals surface area contributed by atoms with E-state index in [0.717, 1.165) is 36.0 Å². The Morgan fingerprint density at radius 2 is 2.09 bits per heavy atom. The van der Waals surface area contributed by atoms with E-state index in [1.54, 1.807) is 18.3 Å². The lowest BCUT2D eigenvalue weighted by Crippen LogP contribution is -2.31. The van der Waals surface area contributed by atoms with Gasteiger partial charge in [-0.1, -0.05) is 18.2 Å². The fourth-order valence-corrected chi connectivity index (χ4v) is 3.06. The van der Waals surface area contributed by atoms with Crippen molar-refractivity contribution in [2.24, 2.45) is 0 Å². The molecule has 0 radical (unpaired) electrons. The molecule has 1 aliphatic rings. The summed E-state index contributed by atoms with van der Waals surface area (Å²) >= 11 is 0. The molecule has 0 saturated carbocycles. The lowest BCUT2D eigenvalue weighted by molar-refractivity contribution is 0.237. The maximum absolute atomic E-state index is 11.6. The molecule has 2 aromatic rings. The van der Waals surface area contributed by atoms with Gasteiger partial charge < -0.3 is 5.11 Å². The first kappa shape index (κ1) is 14.9. The summed E-state index contributed by atoms with van der Waals surface area (Å²) in [5.41, 5.74) is 2.58. The average Bonchev–Trinajstić information content (AvgIpc) is 2.48. The molecular weight excluding hydrogens is 302 g/mol. The smallest absolute Gasteiger partial charge is 0.247 e. The van der Waals surface area contributed by atoms with Crippen molar-refractivity contribution < 1.29 is 13.5 Å². The first-order valence-electron chi connectivity index (χ1n) is 6.97. The summed E-state index contributed by atoms with van der Waals surface area (Å²) in [4.78, 5) is 10.3. The van der Waals surface area contributed by atoms with E-state index in [2.05, 4.69) is 14.9 Å². The predicted molar refractivity (Wildman–Crippen MR) is 81.1 cm³/mol. The Balaban J connectivity index is 1.82. The lowest BCUT2D eigenvalue weighted by atomic mass is 10.1. The van der Waals surface area contributed by atoms with E-state index < -0.39 is 9.84 Å². The third-order valence-corrected chi connectivity index (χ3v) is 4.58. The van der Waals surface area contributed by atoms with E-state index in [1.165, 1.54) is 0 Å². The number of nitrogens with zero attached hydrogens (tertiary/aromatic N) is 3. The van der Waals surface area contributed by atoms with Crippen LogP contribution < -0.4 is 0 Å². The molecule has 0 aliphatic carbocycles. The monoisotopic (exact) mass is 319 g/mol. The second-order valence-corrected chi connectivity index (χ2v) is 7.40. The van der Waals surface area contributed by atoms with E-state index >= 15 is 0 Å². The van der Waals surface area contributed by atoms with Crippen molar-refractivity contribution in [3.05, 3.63) is 47.3 Å². The van der Waals surface area contributed by atoms with Crippen LogP contribution in [0.1, 0.15) is 16.8 Å². The Morgan fingerprint density at radius 3 is 2.82 bits per heavy atom. The Hall–Kier alpha value is -1.99. The minimum Gasteiger partial charge on any atom is -0.508 e. The number of benzene rings is 1. The molecule has 22 heavy (non-hydrogen) atoms. The third-order valence-electron chi connectivity index (χ3n) is 3.72. The summed E-state index contributed by atoms with van der Waals surface area (Å²) < 4.78 is 23.1. The van der Waals surface area contributed by atoms with Gasteiger partial charge in [-0.2, -0.15) is 0 Å². The van der Waals surface area contributed by atoms with Gasteiger partial charge in [0.2, 0.25) is 15.0 Å². The second-order valence-electron chi connectivity index (χ2n) is 5.49. The molecule has 0 fully saturated rings. The fourth-order valence-electron chi connectivity index (χ4n) is 2.54. The second kappa shape index (κ2) is 5.66. The van der Waals surface area contributed by atoms with Crippen molar-refractivity contribution in [2.75, 3.05) is 12.8 Å². The lowest BCUT2D eigenvalue weighted by Gasteiger charge is -2.28. The molecule has 1 aliphatic heterocycles. The zero-order valence-electron chi connectivity index (χ0n) is 12.2. The van der Waals surface area contributed by atoms with Gasteiger partial charge in [0.15, 0.2) is 0 Å². The number of rotatable bonds is 3. The predicted octanol–water partition coefficient (Wildman–Crippen LogP) is 1.14. The molecule has 1 aromatic heterocycles. The molecule has 1 N–H and O–H groups in total. The molecule has 0 atom stereocenters. The van der Waals surface area contributed by atoms with Crippen molar-refractivity contribution in [3.8, 4) is 5.75 Å². The van der Waals surface area contributed by atoms with Gasteiger partial charge in [-0.05, 0) is 18.1 Å². The van der Waals surface area contributed by atoms with Crippen LogP contribution in [0.3, 0.4) is 0 Å². The van der Waals surface area contributed by atoms with Gasteiger partial charge in [-0.15, -0.1) is 0 Å². The van der Waals surface area contributed by atoms with Crippen molar-refractivity contribution >= 4 is 9.84 Å². The van der Waals surface area contributed by atoms with Crippen LogP contribution in [0.2, 0.25) is 0 Å². The molecular formula is C15H17N3O3S. The Kier molecular flexibility index (Phi) is 3.84. The van der Waals surface area contributed by atoms with E-state index in [-0.39, 0.29) is 10.9 Å². The van der Waals surface area contributed by atoms with Crippen LogP contribution in [0.15, 0.2) is 35.6 Å². The molecule has 0 bridgehead atoms. The van der Waals surface area contributed by atoms with E-state index in [4.69, 9.17) is 0 Å². The third kappa shape index (κ3) is 3.10. The molecule has 3 rings (SSSR count). The van der Waals surface area contributed by atoms with Crippen LogP contribution in [-0.4, -0.2) is 41.2 Å².